The summed E-state index contributed by atoms with van der Waals surface area (Å²) in [7, 11) is 0. The molecule has 0 saturated heterocycles. The van der Waals surface area contributed by atoms with Crippen LogP contribution in [0, 0.1) is 5.82 Å². The molecule has 0 radical (unpaired) electrons. The largest absolute Gasteiger partial charge is 0.423 e. The molecule has 0 bridgehead atoms. The van der Waals surface area contributed by atoms with Crippen molar-refractivity contribution in [1.82, 2.24) is 24.7 Å². The van der Waals surface area contributed by atoms with Crippen LogP contribution in [0.3, 0.4) is 0 Å². The Bertz CT molecular complexity index is 1750. The Morgan fingerprint density at radius 3 is 2.33 bits per heavy atom. The predicted octanol–water partition coefficient (Wildman–Crippen LogP) is 4.70. The SMILES string of the molecule is C[C@H](C[C@H](F)Cn1ccc2cc(-c3ncc([C@@](C)(O)C(F)(F)F)cn3)c(F)cc2c1=O)Nc1cn[nH]c(=O)c1C(F)(F)F. The molecule has 3 N–H and O–H groups in total. The minimum absolute atomic E-state index is 0.164. The van der Waals surface area contributed by atoms with Crippen LogP contribution in [0.15, 0.2) is 52.6 Å². The molecule has 43 heavy (non-hydrogen) atoms. The molecule has 4 rings (SSSR count). The zero-order chi connectivity index (χ0) is 31.9. The molecule has 0 aliphatic heterocycles. The Hall–Kier alpha value is -4.41. The van der Waals surface area contributed by atoms with E-state index in [1.165, 1.54) is 25.3 Å². The molecule has 17 heteroatoms. The van der Waals surface area contributed by atoms with E-state index in [-0.39, 0.29) is 28.6 Å². The molecule has 3 aromatic heterocycles. The predicted molar refractivity (Wildman–Crippen MR) is 137 cm³/mol. The number of alkyl halides is 7. The Labute approximate surface area is 236 Å². The molecule has 0 amide bonds. The fraction of sp³-hybridized carbons (Fsp3) is 0.346. The first-order chi connectivity index (χ1) is 19.9. The van der Waals surface area contributed by atoms with E-state index in [0.29, 0.717) is 19.3 Å². The van der Waals surface area contributed by atoms with Crippen molar-refractivity contribution >= 4 is 16.5 Å². The van der Waals surface area contributed by atoms with Crippen molar-refractivity contribution in [1.29, 1.82) is 0 Å². The molecule has 3 heterocycles. The van der Waals surface area contributed by atoms with E-state index in [2.05, 4.69) is 20.4 Å². The second-order valence-electron chi connectivity index (χ2n) is 9.92. The highest BCUT2D eigenvalue weighted by Gasteiger charge is 2.51. The van der Waals surface area contributed by atoms with Crippen LogP contribution in [-0.4, -0.2) is 48.2 Å². The lowest BCUT2D eigenvalue weighted by atomic mass is 9.98. The van der Waals surface area contributed by atoms with Gasteiger partial charge in [0, 0.05) is 36.6 Å². The van der Waals surface area contributed by atoms with Crippen LogP contribution in [0.4, 0.5) is 40.8 Å². The summed E-state index contributed by atoms with van der Waals surface area (Å²) >= 11 is 0. The van der Waals surface area contributed by atoms with Gasteiger partial charge in [0.15, 0.2) is 11.4 Å². The molecule has 0 saturated carbocycles. The van der Waals surface area contributed by atoms with Crippen molar-refractivity contribution in [2.75, 3.05) is 5.32 Å². The number of halogens is 8. The maximum Gasteiger partial charge on any atom is 0.423 e. The minimum atomic E-state index is -5.02. The minimum Gasteiger partial charge on any atom is -0.381 e. The fourth-order valence-electron chi connectivity index (χ4n) is 4.29. The monoisotopic (exact) mass is 618 g/mol. The van der Waals surface area contributed by atoms with Crippen LogP contribution < -0.4 is 16.4 Å². The van der Waals surface area contributed by atoms with Gasteiger partial charge in [-0.2, -0.15) is 31.4 Å². The van der Waals surface area contributed by atoms with Gasteiger partial charge in [0.05, 0.1) is 29.4 Å². The van der Waals surface area contributed by atoms with Gasteiger partial charge in [0.25, 0.3) is 11.1 Å². The maximum atomic E-state index is 15.0. The third-order valence-electron chi connectivity index (χ3n) is 6.62. The van der Waals surface area contributed by atoms with Crippen molar-refractivity contribution in [3.05, 3.63) is 80.6 Å². The number of hydrogen-bond acceptors (Lipinski definition) is 7. The number of aromatic nitrogens is 5. The van der Waals surface area contributed by atoms with Gasteiger partial charge in [-0.05, 0) is 37.4 Å². The number of aromatic amines is 1. The van der Waals surface area contributed by atoms with E-state index in [1.54, 1.807) is 5.10 Å². The quantitative estimate of drug-likeness (QED) is 0.245. The molecule has 0 fully saturated rings. The Balaban J connectivity index is 1.52. The second-order valence-corrected chi connectivity index (χ2v) is 9.92. The summed E-state index contributed by atoms with van der Waals surface area (Å²) in [6.07, 6.45) is -8.79. The Kier molecular flexibility index (Phi) is 8.32. The highest BCUT2D eigenvalue weighted by Crippen LogP contribution is 2.38. The number of fused-ring (bicyclic) bond motifs is 1. The van der Waals surface area contributed by atoms with Gasteiger partial charge in [-0.3, -0.25) is 9.59 Å². The van der Waals surface area contributed by atoms with Crippen molar-refractivity contribution < 1.29 is 40.2 Å². The number of nitrogens with one attached hydrogen (secondary N) is 2. The summed E-state index contributed by atoms with van der Waals surface area (Å²) < 4.78 is 110. The lowest BCUT2D eigenvalue weighted by molar-refractivity contribution is -0.259. The van der Waals surface area contributed by atoms with Gasteiger partial charge >= 0.3 is 12.4 Å². The lowest BCUT2D eigenvalue weighted by Crippen LogP contribution is -2.39. The zero-order valence-electron chi connectivity index (χ0n) is 22.2. The summed E-state index contributed by atoms with van der Waals surface area (Å²) in [4.78, 5) is 32.0. The number of H-pyrrole nitrogens is 1. The van der Waals surface area contributed by atoms with E-state index in [4.69, 9.17) is 0 Å². The molecule has 1 aromatic carbocycles. The maximum absolute atomic E-state index is 15.0. The van der Waals surface area contributed by atoms with Crippen LogP contribution in [0.5, 0.6) is 0 Å². The fourth-order valence-corrected chi connectivity index (χ4v) is 4.29. The summed E-state index contributed by atoms with van der Waals surface area (Å²) in [5, 5.41) is 17.2. The van der Waals surface area contributed by atoms with E-state index < -0.39 is 70.5 Å². The first-order valence-corrected chi connectivity index (χ1v) is 12.4. The molecule has 0 spiro atoms. The lowest BCUT2D eigenvalue weighted by Gasteiger charge is -2.25. The first kappa shape index (κ1) is 31.5. The number of anilines is 1. The van der Waals surface area contributed by atoms with Crippen molar-refractivity contribution in [3.63, 3.8) is 0 Å². The van der Waals surface area contributed by atoms with Crippen molar-refractivity contribution in [2.24, 2.45) is 0 Å². The van der Waals surface area contributed by atoms with Crippen LogP contribution >= 0.6 is 0 Å². The molecular formula is C26H22F8N6O3. The van der Waals surface area contributed by atoms with Crippen LogP contribution in [0.25, 0.3) is 22.2 Å². The molecule has 0 aliphatic carbocycles. The third-order valence-corrected chi connectivity index (χ3v) is 6.62. The summed E-state index contributed by atoms with van der Waals surface area (Å²) in [6.45, 7) is 1.35. The normalized spacial score (nSPS) is 15.2. The highest BCUT2D eigenvalue weighted by atomic mass is 19.4. The molecule has 230 valence electrons. The van der Waals surface area contributed by atoms with Crippen LogP contribution in [0.1, 0.15) is 31.4 Å². The van der Waals surface area contributed by atoms with E-state index in [9.17, 15) is 49.8 Å². The molecule has 3 atom stereocenters. The van der Waals surface area contributed by atoms with Gasteiger partial charge in [0.2, 0.25) is 0 Å². The second kappa shape index (κ2) is 11.3. The molecule has 0 unspecified atom stereocenters. The van der Waals surface area contributed by atoms with Crippen LogP contribution in [-0.2, 0) is 18.3 Å². The van der Waals surface area contributed by atoms with Crippen molar-refractivity contribution in [2.45, 2.75) is 57.0 Å². The Morgan fingerprint density at radius 1 is 1.07 bits per heavy atom. The number of benzene rings is 1. The van der Waals surface area contributed by atoms with Gasteiger partial charge in [0.1, 0.15) is 17.6 Å². The van der Waals surface area contributed by atoms with Gasteiger partial charge in [-0.1, -0.05) is 0 Å². The zero-order valence-corrected chi connectivity index (χ0v) is 22.2. The topological polar surface area (TPSA) is 126 Å². The standard InChI is InChI=1S/C26H22F8N6O3/c1-12(38-19-10-37-39-22(41)20(19)25(29,30)31)5-15(27)11-40-4-3-13-6-17(18(28)7-16(13)23(40)42)21-35-8-14(9-36-21)24(2,43)26(32,33)34/h3-4,6-10,12,15,43H,5,11H2,1-2H3,(H2,38,39,41)/t12-,15+,24-/m1/s1. The number of pyridine rings is 1. The molecular weight excluding hydrogens is 596 g/mol. The molecule has 0 aliphatic rings. The molecule has 4 aromatic rings. The summed E-state index contributed by atoms with van der Waals surface area (Å²) in [5.74, 6) is -1.32. The number of hydrogen-bond donors (Lipinski definition) is 3. The molecule has 9 nitrogen and oxygen atoms in total. The van der Waals surface area contributed by atoms with Gasteiger partial charge < -0.3 is 15.0 Å². The summed E-state index contributed by atoms with van der Waals surface area (Å²) in [5.41, 5.74) is -8.60. The van der Waals surface area contributed by atoms with E-state index >= 15 is 0 Å². The average Bonchev–Trinajstić information content (AvgIpc) is 2.89. The highest BCUT2D eigenvalue weighted by molar-refractivity contribution is 5.86. The van der Waals surface area contributed by atoms with Crippen LogP contribution in [0.2, 0.25) is 0 Å². The van der Waals surface area contributed by atoms with Gasteiger partial charge in [-0.15, -0.1) is 0 Å². The smallest absolute Gasteiger partial charge is 0.381 e. The summed E-state index contributed by atoms with van der Waals surface area (Å²) in [6, 6.07) is 2.44. The van der Waals surface area contributed by atoms with Gasteiger partial charge in [-0.25, -0.2) is 23.8 Å². The van der Waals surface area contributed by atoms with E-state index in [0.717, 1.165) is 16.8 Å². The Morgan fingerprint density at radius 2 is 1.72 bits per heavy atom. The number of nitrogens with zero attached hydrogens (tertiary/aromatic N) is 4. The number of rotatable bonds is 8. The first-order valence-electron chi connectivity index (χ1n) is 12.4. The average molecular weight is 618 g/mol. The van der Waals surface area contributed by atoms with Crippen molar-refractivity contribution in [3.8, 4) is 11.4 Å². The third kappa shape index (κ3) is 6.50. The van der Waals surface area contributed by atoms with E-state index in [1.807, 2.05) is 0 Å². The number of aliphatic hydroxyl groups is 1.